The predicted molar refractivity (Wildman–Crippen MR) is 68.4 cm³/mol. The number of thioether (sulfide) groups is 1. The molecule has 0 heterocycles. The maximum Gasteiger partial charge on any atom is 0.152 e. The van der Waals surface area contributed by atoms with Gasteiger partial charge in [-0.15, -0.1) is 0 Å². The molecule has 0 aromatic rings. The number of carbonyl (C=O) groups excluding carboxylic acids is 2. The quantitative estimate of drug-likeness (QED) is 0.695. The van der Waals surface area contributed by atoms with Crippen molar-refractivity contribution in [2.75, 3.05) is 6.26 Å². The topological polar surface area (TPSA) is 34.1 Å². The fourth-order valence-corrected chi connectivity index (χ4v) is 1.30. The van der Waals surface area contributed by atoms with E-state index < -0.39 is 0 Å². The van der Waals surface area contributed by atoms with Crippen LogP contribution in [0.25, 0.3) is 0 Å². The van der Waals surface area contributed by atoms with Crippen molar-refractivity contribution < 1.29 is 9.59 Å². The molecule has 0 saturated carbocycles. The number of allylic oxidation sites excluding steroid dienone is 2. The molecule has 1 unspecified atom stereocenters. The van der Waals surface area contributed by atoms with Gasteiger partial charge in [0, 0.05) is 11.7 Å². The Labute approximate surface area is 97.5 Å². The largest absolute Gasteiger partial charge is 0.300 e. The van der Waals surface area contributed by atoms with E-state index in [4.69, 9.17) is 0 Å². The third kappa shape index (κ3) is 19.7. The van der Waals surface area contributed by atoms with Crippen molar-refractivity contribution in [2.24, 2.45) is 0 Å². The molecule has 0 bridgehead atoms. The summed E-state index contributed by atoms with van der Waals surface area (Å²) in [6.45, 7) is 9.05. The first-order valence-electron chi connectivity index (χ1n) is 4.97. The molecule has 0 aliphatic rings. The number of rotatable bonds is 4. The molecule has 0 rings (SSSR count). The van der Waals surface area contributed by atoms with Crippen LogP contribution in [0.1, 0.15) is 41.0 Å². The molecule has 0 fully saturated rings. The highest BCUT2D eigenvalue weighted by Gasteiger charge is 2.00. The van der Waals surface area contributed by atoms with Crippen LogP contribution in [0.5, 0.6) is 0 Å². The summed E-state index contributed by atoms with van der Waals surface area (Å²) < 4.78 is 0. The summed E-state index contributed by atoms with van der Waals surface area (Å²) in [5, 5.41) is 0.493. The zero-order valence-corrected chi connectivity index (χ0v) is 11.4. The van der Waals surface area contributed by atoms with Gasteiger partial charge in [-0.05, 0) is 40.0 Å². The van der Waals surface area contributed by atoms with Gasteiger partial charge in [-0.25, -0.2) is 0 Å². The molecule has 0 aliphatic heterocycles. The van der Waals surface area contributed by atoms with Crippen LogP contribution in [0.2, 0.25) is 0 Å². The second-order valence-electron chi connectivity index (χ2n) is 3.78. The Bertz CT molecular complexity index is 228. The van der Waals surface area contributed by atoms with Crippen LogP contribution in [0, 0.1) is 0 Å². The van der Waals surface area contributed by atoms with Crippen LogP contribution in [-0.2, 0) is 9.59 Å². The lowest BCUT2D eigenvalue weighted by Gasteiger charge is -2.01. The standard InChI is InChI=1S/C6H12OS.C6H10O/c1-5(7)4-6(2)8-3;1-5(2)4-6(3)7/h6H,4H2,1-3H3;4H,1-3H3. The summed E-state index contributed by atoms with van der Waals surface area (Å²) in [5.74, 6) is 0.409. The molecule has 0 aromatic heterocycles. The number of hydrogen-bond acceptors (Lipinski definition) is 3. The lowest BCUT2D eigenvalue weighted by atomic mass is 10.2. The second kappa shape index (κ2) is 9.97. The summed E-state index contributed by atoms with van der Waals surface area (Å²) in [6.07, 6.45) is 4.34. The van der Waals surface area contributed by atoms with Crippen LogP contribution in [0.15, 0.2) is 11.6 Å². The minimum absolute atomic E-state index is 0.125. The first kappa shape index (κ1) is 16.8. The van der Waals surface area contributed by atoms with E-state index in [9.17, 15) is 9.59 Å². The fourth-order valence-electron chi connectivity index (χ4n) is 0.895. The van der Waals surface area contributed by atoms with Crippen molar-refractivity contribution in [1.82, 2.24) is 0 Å². The SMILES string of the molecule is CC(=O)C=C(C)C.CSC(C)CC(C)=O. The number of hydrogen-bond donors (Lipinski definition) is 0. The molecule has 0 saturated heterocycles. The van der Waals surface area contributed by atoms with Crippen molar-refractivity contribution in [3.05, 3.63) is 11.6 Å². The van der Waals surface area contributed by atoms with E-state index in [1.165, 1.54) is 0 Å². The zero-order chi connectivity index (χ0) is 12.4. The molecule has 0 N–H and O–H groups in total. The van der Waals surface area contributed by atoms with E-state index >= 15 is 0 Å². The maximum absolute atomic E-state index is 10.4. The van der Waals surface area contributed by atoms with Crippen molar-refractivity contribution in [3.63, 3.8) is 0 Å². The van der Waals surface area contributed by atoms with Gasteiger partial charge in [0.05, 0.1) is 0 Å². The minimum atomic E-state index is 0.125. The Morgan fingerprint density at radius 2 is 1.67 bits per heavy atom. The maximum atomic E-state index is 10.4. The highest BCUT2D eigenvalue weighted by Crippen LogP contribution is 2.08. The average molecular weight is 230 g/mol. The molecule has 15 heavy (non-hydrogen) atoms. The van der Waals surface area contributed by atoms with Gasteiger partial charge in [-0.1, -0.05) is 12.5 Å². The van der Waals surface area contributed by atoms with Crippen LogP contribution in [0.4, 0.5) is 0 Å². The number of ketones is 2. The van der Waals surface area contributed by atoms with Gasteiger partial charge >= 0.3 is 0 Å². The van der Waals surface area contributed by atoms with Crippen LogP contribution in [0.3, 0.4) is 0 Å². The molecular weight excluding hydrogens is 208 g/mol. The van der Waals surface area contributed by atoms with E-state index in [1.807, 2.05) is 20.1 Å². The lowest BCUT2D eigenvalue weighted by Crippen LogP contribution is -2.01. The fraction of sp³-hybridized carbons (Fsp3) is 0.667. The molecule has 1 atom stereocenters. The van der Waals surface area contributed by atoms with Crippen molar-refractivity contribution in [2.45, 2.75) is 46.3 Å². The molecule has 0 aliphatic carbocycles. The molecule has 0 radical (unpaired) electrons. The summed E-state index contributed by atoms with van der Waals surface area (Å²) in [7, 11) is 0. The first-order valence-corrected chi connectivity index (χ1v) is 6.26. The Balaban J connectivity index is 0. The smallest absolute Gasteiger partial charge is 0.152 e. The molecular formula is C12H22O2S. The van der Waals surface area contributed by atoms with Gasteiger partial charge in [0.25, 0.3) is 0 Å². The zero-order valence-electron chi connectivity index (χ0n) is 10.6. The van der Waals surface area contributed by atoms with E-state index in [0.717, 1.165) is 5.57 Å². The summed E-state index contributed by atoms with van der Waals surface area (Å²) in [5.41, 5.74) is 1.06. The highest BCUT2D eigenvalue weighted by molar-refractivity contribution is 7.99. The number of Topliss-reactive ketones (excluding diaryl/α,β-unsaturated/α-hetero) is 1. The summed E-state index contributed by atoms with van der Waals surface area (Å²) in [4.78, 5) is 20.6. The van der Waals surface area contributed by atoms with Crippen LogP contribution >= 0.6 is 11.8 Å². The monoisotopic (exact) mass is 230 g/mol. The minimum Gasteiger partial charge on any atom is -0.300 e. The summed E-state index contributed by atoms with van der Waals surface area (Å²) in [6, 6.07) is 0. The second-order valence-corrected chi connectivity index (χ2v) is 5.06. The van der Waals surface area contributed by atoms with Gasteiger partial charge in [-0.3, -0.25) is 9.59 Å². The van der Waals surface area contributed by atoms with E-state index in [0.29, 0.717) is 11.7 Å². The molecule has 2 nitrogen and oxygen atoms in total. The average Bonchev–Trinajstić information content (AvgIpc) is 2.01. The molecule has 3 heteroatoms. The van der Waals surface area contributed by atoms with Gasteiger partial charge in [0.1, 0.15) is 5.78 Å². The van der Waals surface area contributed by atoms with Crippen molar-refractivity contribution >= 4 is 23.3 Å². The summed E-state index contributed by atoms with van der Waals surface area (Å²) >= 11 is 1.73. The van der Waals surface area contributed by atoms with E-state index in [2.05, 4.69) is 6.92 Å². The molecule has 0 spiro atoms. The third-order valence-electron chi connectivity index (χ3n) is 1.47. The van der Waals surface area contributed by atoms with Gasteiger partial charge in [-0.2, -0.15) is 11.8 Å². The lowest BCUT2D eigenvalue weighted by molar-refractivity contribution is -0.117. The Morgan fingerprint density at radius 3 is 1.73 bits per heavy atom. The molecule has 0 amide bonds. The van der Waals surface area contributed by atoms with E-state index in [1.54, 1.807) is 31.7 Å². The highest BCUT2D eigenvalue weighted by atomic mass is 32.2. The Morgan fingerprint density at radius 1 is 1.20 bits per heavy atom. The van der Waals surface area contributed by atoms with Gasteiger partial charge in [0.15, 0.2) is 5.78 Å². The normalized spacial score (nSPS) is 10.8. The third-order valence-corrected chi connectivity index (χ3v) is 2.44. The van der Waals surface area contributed by atoms with Crippen LogP contribution < -0.4 is 0 Å². The molecule has 0 aromatic carbocycles. The predicted octanol–water partition coefficient (Wildman–Crippen LogP) is 3.26. The number of carbonyl (C=O) groups is 2. The van der Waals surface area contributed by atoms with E-state index in [-0.39, 0.29) is 11.6 Å². The Hall–Kier alpha value is -0.570. The Kier molecular flexibility index (Phi) is 11.2. The van der Waals surface area contributed by atoms with Crippen LogP contribution in [-0.4, -0.2) is 23.1 Å². The van der Waals surface area contributed by atoms with Gasteiger partial charge < -0.3 is 0 Å². The van der Waals surface area contributed by atoms with Crippen molar-refractivity contribution in [1.29, 1.82) is 0 Å². The van der Waals surface area contributed by atoms with Gasteiger partial charge in [0.2, 0.25) is 0 Å². The first-order chi connectivity index (χ1) is 6.79. The molecule has 88 valence electrons. The van der Waals surface area contributed by atoms with Crippen molar-refractivity contribution in [3.8, 4) is 0 Å².